The van der Waals surface area contributed by atoms with Crippen LogP contribution in [0.5, 0.6) is 0 Å². The number of nitrogens with zero attached hydrogens (tertiary/aromatic N) is 5. The molecule has 0 aliphatic rings. The van der Waals surface area contributed by atoms with E-state index in [4.69, 9.17) is 4.42 Å². The lowest BCUT2D eigenvalue weighted by molar-refractivity contribution is 0.584. The van der Waals surface area contributed by atoms with Crippen molar-refractivity contribution in [2.75, 3.05) is 0 Å². The van der Waals surface area contributed by atoms with Crippen molar-refractivity contribution < 1.29 is 4.42 Å². The summed E-state index contributed by atoms with van der Waals surface area (Å²) >= 11 is 0. The van der Waals surface area contributed by atoms with Crippen LogP contribution in [-0.4, -0.2) is 24.4 Å². The molecule has 0 N–H and O–H groups in total. The van der Waals surface area contributed by atoms with Crippen molar-refractivity contribution in [1.29, 1.82) is 0 Å². The summed E-state index contributed by atoms with van der Waals surface area (Å²) in [4.78, 5) is 12.7. The van der Waals surface area contributed by atoms with Gasteiger partial charge in [-0.1, -0.05) is 36.4 Å². The topological polar surface area (TPSA) is 78.2 Å². The van der Waals surface area contributed by atoms with Gasteiger partial charge in [-0.05, 0) is 36.4 Å². The number of rotatable bonds is 3. The van der Waals surface area contributed by atoms with Gasteiger partial charge in [-0.2, -0.15) is 4.68 Å². The predicted octanol–water partition coefficient (Wildman–Crippen LogP) is 3.20. The van der Waals surface area contributed by atoms with Crippen LogP contribution in [0.4, 0.5) is 0 Å². The SMILES string of the molecule is O=c1n(-c2ccccc2)nc2ccc(-c3nnc(-c4ccccc4)o3)cn12. The lowest BCUT2D eigenvalue weighted by Gasteiger charge is -1.96. The minimum atomic E-state index is -0.263. The molecule has 0 fully saturated rings. The summed E-state index contributed by atoms with van der Waals surface area (Å²) in [6.07, 6.45) is 1.66. The van der Waals surface area contributed by atoms with Gasteiger partial charge >= 0.3 is 5.69 Å². The zero-order valence-electron chi connectivity index (χ0n) is 14.1. The molecule has 5 rings (SSSR count). The van der Waals surface area contributed by atoms with Gasteiger partial charge < -0.3 is 4.42 Å². The zero-order chi connectivity index (χ0) is 18.2. The quantitative estimate of drug-likeness (QED) is 0.497. The Morgan fingerprint density at radius 2 is 1.41 bits per heavy atom. The van der Waals surface area contributed by atoms with E-state index in [-0.39, 0.29) is 5.69 Å². The average Bonchev–Trinajstić information content (AvgIpc) is 3.35. The molecule has 3 heterocycles. The Kier molecular flexibility index (Phi) is 3.43. The second kappa shape index (κ2) is 6.06. The van der Waals surface area contributed by atoms with Crippen LogP contribution < -0.4 is 5.69 Å². The van der Waals surface area contributed by atoms with E-state index in [1.54, 1.807) is 18.3 Å². The second-order valence-electron chi connectivity index (χ2n) is 5.95. The number of benzene rings is 2. The Hall–Kier alpha value is -4.00. The summed E-state index contributed by atoms with van der Waals surface area (Å²) < 4.78 is 8.60. The summed E-state index contributed by atoms with van der Waals surface area (Å²) in [7, 11) is 0. The molecule has 0 spiro atoms. The summed E-state index contributed by atoms with van der Waals surface area (Å²) in [5.41, 5.74) is 2.46. The highest BCUT2D eigenvalue weighted by Gasteiger charge is 2.14. The molecule has 0 bridgehead atoms. The molecule has 2 aromatic carbocycles. The number of hydrogen-bond acceptors (Lipinski definition) is 5. The fraction of sp³-hybridized carbons (Fsp3) is 0. The van der Waals surface area contributed by atoms with Crippen LogP contribution in [-0.2, 0) is 0 Å². The first kappa shape index (κ1) is 15.3. The minimum absolute atomic E-state index is 0.263. The molecule has 0 unspecified atom stereocenters. The average molecular weight is 355 g/mol. The van der Waals surface area contributed by atoms with Gasteiger partial charge in [0.25, 0.3) is 0 Å². The van der Waals surface area contributed by atoms with Crippen LogP contribution in [0.15, 0.2) is 88.2 Å². The normalized spacial score (nSPS) is 11.1. The van der Waals surface area contributed by atoms with Crippen LogP contribution in [0.2, 0.25) is 0 Å². The number of pyridine rings is 1. The molecule has 3 aromatic heterocycles. The first-order valence-corrected chi connectivity index (χ1v) is 8.36. The van der Waals surface area contributed by atoms with E-state index in [0.29, 0.717) is 28.7 Å². The monoisotopic (exact) mass is 355 g/mol. The maximum Gasteiger partial charge on any atom is 0.355 e. The van der Waals surface area contributed by atoms with Crippen molar-refractivity contribution in [1.82, 2.24) is 24.4 Å². The highest BCUT2D eigenvalue weighted by molar-refractivity contribution is 5.59. The smallest absolute Gasteiger partial charge is 0.355 e. The van der Waals surface area contributed by atoms with Gasteiger partial charge in [0, 0.05) is 11.8 Å². The molecule has 27 heavy (non-hydrogen) atoms. The third-order valence-electron chi connectivity index (χ3n) is 4.21. The molecule has 0 atom stereocenters. The van der Waals surface area contributed by atoms with Crippen LogP contribution in [0.1, 0.15) is 0 Å². The summed E-state index contributed by atoms with van der Waals surface area (Å²) in [5.74, 6) is 0.771. The van der Waals surface area contributed by atoms with E-state index in [0.717, 1.165) is 5.56 Å². The third-order valence-corrected chi connectivity index (χ3v) is 4.21. The fourth-order valence-corrected chi connectivity index (χ4v) is 2.88. The summed E-state index contributed by atoms with van der Waals surface area (Å²) in [6.45, 7) is 0. The van der Waals surface area contributed by atoms with E-state index in [1.807, 2.05) is 60.7 Å². The van der Waals surface area contributed by atoms with Crippen LogP contribution in [0.3, 0.4) is 0 Å². The second-order valence-corrected chi connectivity index (χ2v) is 5.95. The van der Waals surface area contributed by atoms with Gasteiger partial charge in [-0.3, -0.25) is 0 Å². The third kappa shape index (κ3) is 2.62. The van der Waals surface area contributed by atoms with Crippen molar-refractivity contribution in [3.8, 4) is 28.6 Å². The molecule has 7 nitrogen and oxygen atoms in total. The van der Waals surface area contributed by atoms with E-state index in [2.05, 4.69) is 15.3 Å². The number of fused-ring (bicyclic) bond motifs is 1. The molecular weight excluding hydrogens is 342 g/mol. The van der Waals surface area contributed by atoms with Crippen molar-refractivity contribution in [3.05, 3.63) is 89.5 Å². The maximum absolute atomic E-state index is 12.7. The largest absolute Gasteiger partial charge is 0.416 e. The van der Waals surface area contributed by atoms with Gasteiger partial charge in [0.1, 0.15) is 0 Å². The van der Waals surface area contributed by atoms with Crippen LogP contribution >= 0.6 is 0 Å². The van der Waals surface area contributed by atoms with Crippen LogP contribution in [0, 0.1) is 0 Å². The molecule has 7 heteroatoms. The minimum Gasteiger partial charge on any atom is -0.416 e. The molecule has 0 radical (unpaired) electrons. The van der Waals surface area contributed by atoms with E-state index < -0.39 is 0 Å². The number of aromatic nitrogens is 5. The first-order valence-electron chi connectivity index (χ1n) is 8.36. The highest BCUT2D eigenvalue weighted by atomic mass is 16.4. The molecule has 130 valence electrons. The first-order chi connectivity index (χ1) is 13.3. The lowest BCUT2D eigenvalue weighted by atomic mass is 10.2. The maximum atomic E-state index is 12.7. The molecular formula is C20H13N5O2. The van der Waals surface area contributed by atoms with Crippen molar-refractivity contribution in [3.63, 3.8) is 0 Å². The van der Waals surface area contributed by atoms with Crippen molar-refractivity contribution in [2.24, 2.45) is 0 Å². The van der Waals surface area contributed by atoms with Gasteiger partial charge in [-0.25, -0.2) is 9.20 Å². The molecule has 5 aromatic rings. The van der Waals surface area contributed by atoms with E-state index in [1.165, 1.54) is 9.08 Å². The van der Waals surface area contributed by atoms with E-state index in [9.17, 15) is 4.79 Å². The molecule has 0 saturated heterocycles. The lowest BCUT2D eigenvalue weighted by Crippen LogP contribution is -2.19. The van der Waals surface area contributed by atoms with Gasteiger partial charge in [0.05, 0.1) is 11.3 Å². The summed E-state index contributed by atoms with van der Waals surface area (Å²) in [6, 6.07) is 22.4. The molecule has 0 aliphatic heterocycles. The zero-order valence-corrected chi connectivity index (χ0v) is 14.1. The standard InChI is InChI=1S/C20H13N5O2/c26-20-24-13-15(19-22-21-18(27-19)14-7-3-1-4-8-14)11-12-17(24)23-25(20)16-9-5-2-6-10-16/h1-13H. The van der Waals surface area contributed by atoms with Gasteiger partial charge in [0.15, 0.2) is 5.65 Å². The van der Waals surface area contributed by atoms with Gasteiger partial charge in [0.2, 0.25) is 11.8 Å². The van der Waals surface area contributed by atoms with Crippen LogP contribution in [0.25, 0.3) is 34.2 Å². The Labute approximate surface area is 153 Å². The number of para-hydroxylation sites is 1. The predicted molar refractivity (Wildman–Crippen MR) is 99.5 cm³/mol. The molecule has 0 amide bonds. The van der Waals surface area contributed by atoms with E-state index >= 15 is 0 Å². The Morgan fingerprint density at radius 3 is 2.15 bits per heavy atom. The number of hydrogen-bond donors (Lipinski definition) is 0. The van der Waals surface area contributed by atoms with Gasteiger partial charge in [-0.15, -0.1) is 15.3 Å². The summed E-state index contributed by atoms with van der Waals surface area (Å²) in [5, 5.41) is 12.6. The van der Waals surface area contributed by atoms with Crippen molar-refractivity contribution in [2.45, 2.75) is 0 Å². The highest BCUT2D eigenvalue weighted by Crippen LogP contribution is 2.23. The Bertz CT molecular complexity index is 1290. The Balaban J connectivity index is 1.59. The Morgan fingerprint density at radius 1 is 0.741 bits per heavy atom. The molecule has 0 saturated carbocycles. The van der Waals surface area contributed by atoms with Crippen molar-refractivity contribution >= 4 is 5.65 Å². The molecule has 0 aliphatic carbocycles. The fourth-order valence-electron chi connectivity index (χ4n) is 2.88.